The number of hydrogen-bond donors (Lipinski definition) is 2. The highest BCUT2D eigenvalue weighted by Crippen LogP contribution is 2.39. The molecule has 6 heteroatoms. The van der Waals surface area contributed by atoms with Gasteiger partial charge in [-0.05, 0) is 36.8 Å². The van der Waals surface area contributed by atoms with Gasteiger partial charge in [0.2, 0.25) is 0 Å². The van der Waals surface area contributed by atoms with Crippen molar-refractivity contribution in [3.8, 4) is 0 Å². The molecule has 22 heavy (non-hydrogen) atoms. The number of amides is 3. The first kappa shape index (κ1) is 14.8. The number of fused-ring (bicyclic) bond motifs is 1. The Kier molecular flexibility index (Phi) is 4.00. The molecule has 2 heterocycles. The molecule has 3 atom stereocenters. The maximum atomic E-state index is 12.6. The van der Waals surface area contributed by atoms with Gasteiger partial charge in [-0.15, -0.1) is 0 Å². The molecule has 0 bridgehead atoms. The second-order valence-corrected chi connectivity index (χ2v) is 6.35. The molecule has 0 spiro atoms. The Morgan fingerprint density at radius 2 is 2.09 bits per heavy atom. The van der Waals surface area contributed by atoms with Gasteiger partial charge in [-0.3, -0.25) is 10.1 Å². The molecule has 1 saturated heterocycles. The highest BCUT2D eigenvalue weighted by molar-refractivity contribution is 5.93. The Bertz CT molecular complexity index is 589. The van der Waals surface area contributed by atoms with Crippen molar-refractivity contribution in [1.29, 1.82) is 0 Å². The van der Waals surface area contributed by atoms with Gasteiger partial charge in [-0.1, -0.05) is 25.8 Å². The first-order chi connectivity index (χ1) is 10.6. The second-order valence-electron chi connectivity index (χ2n) is 6.35. The summed E-state index contributed by atoms with van der Waals surface area (Å²) < 4.78 is 0. The molecule has 1 aromatic rings. The Balaban J connectivity index is 1.72. The summed E-state index contributed by atoms with van der Waals surface area (Å²) in [6.45, 7) is 3.01. The zero-order valence-electron chi connectivity index (χ0n) is 12.8. The fourth-order valence-electron chi connectivity index (χ4n) is 3.83. The number of nitrogens with two attached hydrogens (primary N) is 1. The summed E-state index contributed by atoms with van der Waals surface area (Å²) in [4.78, 5) is 29.7. The zero-order valence-corrected chi connectivity index (χ0v) is 12.8. The smallest absolute Gasteiger partial charge is 0.323 e. The maximum Gasteiger partial charge on any atom is 0.323 e. The van der Waals surface area contributed by atoms with Crippen molar-refractivity contribution in [2.45, 2.75) is 38.6 Å². The number of likely N-dealkylation sites (tertiary alicyclic amines) is 1. The van der Waals surface area contributed by atoms with Crippen LogP contribution in [-0.4, -0.2) is 34.4 Å². The summed E-state index contributed by atoms with van der Waals surface area (Å²) in [5.41, 5.74) is 5.37. The van der Waals surface area contributed by atoms with E-state index in [1.807, 2.05) is 4.90 Å². The van der Waals surface area contributed by atoms with Gasteiger partial charge in [0.1, 0.15) is 11.5 Å². The monoisotopic (exact) mass is 302 g/mol. The third-order valence-electron chi connectivity index (χ3n) is 4.89. The van der Waals surface area contributed by atoms with E-state index in [9.17, 15) is 9.59 Å². The lowest BCUT2D eigenvalue weighted by Gasteiger charge is -2.32. The van der Waals surface area contributed by atoms with Crippen molar-refractivity contribution in [2.75, 3.05) is 11.9 Å². The molecule has 6 nitrogen and oxygen atoms in total. The number of anilines is 1. The number of urea groups is 1. The molecule has 3 N–H and O–H groups in total. The van der Waals surface area contributed by atoms with Crippen molar-refractivity contribution in [1.82, 2.24) is 9.88 Å². The van der Waals surface area contributed by atoms with Crippen LogP contribution in [0.5, 0.6) is 0 Å². The van der Waals surface area contributed by atoms with Crippen LogP contribution >= 0.6 is 0 Å². The molecule has 0 aromatic carbocycles. The number of aromatic nitrogens is 1. The third-order valence-corrected chi connectivity index (χ3v) is 4.89. The minimum atomic E-state index is -0.599. The minimum absolute atomic E-state index is 0.129. The molecule has 0 unspecified atom stereocenters. The average molecular weight is 302 g/mol. The van der Waals surface area contributed by atoms with Crippen molar-refractivity contribution in [3.63, 3.8) is 0 Å². The number of rotatable bonds is 2. The van der Waals surface area contributed by atoms with E-state index in [1.165, 1.54) is 25.3 Å². The Labute approximate surface area is 130 Å². The summed E-state index contributed by atoms with van der Waals surface area (Å²) in [6, 6.07) is 5.08. The van der Waals surface area contributed by atoms with E-state index in [4.69, 9.17) is 5.73 Å². The fraction of sp³-hybridized carbons (Fsp3) is 0.562. The predicted octanol–water partition coefficient (Wildman–Crippen LogP) is 2.22. The Morgan fingerprint density at radius 3 is 2.86 bits per heavy atom. The van der Waals surface area contributed by atoms with Gasteiger partial charge >= 0.3 is 6.03 Å². The number of carbonyl (C=O) groups excluding carboxylic acids is 2. The molecular formula is C16H22N4O2. The molecular weight excluding hydrogens is 280 g/mol. The Morgan fingerprint density at radius 1 is 1.32 bits per heavy atom. The first-order valence-corrected chi connectivity index (χ1v) is 7.90. The lowest BCUT2D eigenvalue weighted by atomic mass is 9.80. The van der Waals surface area contributed by atoms with E-state index in [2.05, 4.69) is 17.2 Å². The summed E-state index contributed by atoms with van der Waals surface area (Å²) in [5, 5.41) is 2.80. The summed E-state index contributed by atoms with van der Waals surface area (Å²) >= 11 is 0. The van der Waals surface area contributed by atoms with Crippen LogP contribution < -0.4 is 11.1 Å². The number of nitrogens with zero attached hydrogens (tertiary/aromatic N) is 2. The van der Waals surface area contributed by atoms with Gasteiger partial charge in [0.15, 0.2) is 0 Å². The number of carbonyl (C=O) groups is 2. The van der Waals surface area contributed by atoms with E-state index < -0.39 is 5.91 Å². The fourth-order valence-corrected chi connectivity index (χ4v) is 3.83. The molecule has 3 amide bonds. The first-order valence-electron chi connectivity index (χ1n) is 7.90. The van der Waals surface area contributed by atoms with Crippen LogP contribution in [-0.2, 0) is 0 Å². The summed E-state index contributed by atoms with van der Waals surface area (Å²) in [5.74, 6) is 0.928. The Hall–Kier alpha value is -2.11. The predicted molar refractivity (Wildman–Crippen MR) is 83.4 cm³/mol. The SMILES string of the molecule is C[C@@H]1CN(C(=O)Nc2cccc(C(N)=O)n2)[C@@H]2CCCC[C@@H]12. The largest absolute Gasteiger partial charge is 0.364 e. The van der Waals surface area contributed by atoms with Crippen LogP contribution in [0, 0.1) is 11.8 Å². The molecule has 1 aromatic heterocycles. The molecule has 1 aliphatic carbocycles. The molecule has 3 rings (SSSR count). The van der Waals surface area contributed by atoms with Crippen LogP contribution in [0.1, 0.15) is 43.1 Å². The molecule has 1 aliphatic heterocycles. The average Bonchev–Trinajstić information content (AvgIpc) is 2.85. The van der Waals surface area contributed by atoms with E-state index >= 15 is 0 Å². The van der Waals surface area contributed by atoms with Gasteiger partial charge in [-0.25, -0.2) is 9.78 Å². The normalized spacial score (nSPS) is 27.3. The highest BCUT2D eigenvalue weighted by Gasteiger charge is 2.42. The number of pyridine rings is 1. The van der Waals surface area contributed by atoms with Crippen LogP contribution in [0.25, 0.3) is 0 Å². The minimum Gasteiger partial charge on any atom is -0.364 e. The van der Waals surface area contributed by atoms with Gasteiger partial charge in [0.25, 0.3) is 5.91 Å². The molecule has 2 fully saturated rings. The van der Waals surface area contributed by atoms with Crippen LogP contribution in [0.2, 0.25) is 0 Å². The van der Waals surface area contributed by atoms with E-state index in [0.717, 1.165) is 13.0 Å². The van der Waals surface area contributed by atoms with Crippen molar-refractivity contribution in [3.05, 3.63) is 23.9 Å². The lowest BCUT2D eigenvalue weighted by molar-refractivity contribution is 0.0995. The van der Waals surface area contributed by atoms with Crippen LogP contribution in [0.15, 0.2) is 18.2 Å². The zero-order chi connectivity index (χ0) is 15.7. The molecule has 0 radical (unpaired) electrons. The number of primary amides is 1. The molecule has 118 valence electrons. The van der Waals surface area contributed by atoms with E-state index in [1.54, 1.807) is 12.1 Å². The van der Waals surface area contributed by atoms with Crippen LogP contribution in [0.3, 0.4) is 0 Å². The third kappa shape index (κ3) is 2.77. The highest BCUT2D eigenvalue weighted by atomic mass is 16.2. The van der Waals surface area contributed by atoms with E-state index in [0.29, 0.717) is 23.7 Å². The van der Waals surface area contributed by atoms with Gasteiger partial charge < -0.3 is 10.6 Å². The summed E-state index contributed by atoms with van der Waals surface area (Å²) in [6.07, 6.45) is 4.75. The van der Waals surface area contributed by atoms with Gasteiger partial charge in [0, 0.05) is 12.6 Å². The van der Waals surface area contributed by atoms with Gasteiger partial charge in [-0.2, -0.15) is 0 Å². The summed E-state index contributed by atoms with van der Waals surface area (Å²) in [7, 11) is 0. The number of nitrogens with one attached hydrogen (secondary N) is 1. The number of hydrogen-bond acceptors (Lipinski definition) is 3. The molecule has 2 aliphatic rings. The maximum absolute atomic E-state index is 12.6. The van der Waals surface area contributed by atoms with Crippen molar-refractivity contribution in [2.24, 2.45) is 17.6 Å². The molecule has 1 saturated carbocycles. The van der Waals surface area contributed by atoms with Crippen LogP contribution in [0.4, 0.5) is 10.6 Å². The van der Waals surface area contributed by atoms with Crippen molar-refractivity contribution >= 4 is 17.8 Å². The van der Waals surface area contributed by atoms with Gasteiger partial charge in [0.05, 0.1) is 0 Å². The topological polar surface area (TPSA) is 88.3 Å². The standard InChI is InChI=1S/C16H22N4O2/c1-10-9-20(13-7-3-2-5-11(10)13)16(22)19-14-8-4-6-12(18-14)15(17)21/h4,6,8,10-11,13H,2-3,5,7,9H2,1H3,(H2,17,21)(H,18,19,22)/t10-,11+,13-/m1/s1. The van der Waals surface area contributed by atoms with Crippen molar-refractivity contribution < 1.29 is 9.59 Å². The quantitative estimate of drug-likeness (QED) is 0.878. The lowest BCUT2D eigenvalue weighted by Crippen LogP contribution is -2.41. The van der Waals surface area contributed by atoms with E-state index in [-0.39, 0.29) is 11.7 Å². The second kappa shape index (κ2) is 5.94.